The lowest BCUT2D eigenvalue weighted by molar-refractivity contribution is -0.141. The Balaban J connectivity index is 1.73. The molecule has 1 saturated carbocycles. The summed E-state index contributed by atoms with van der Waals surface area (Å²) in [6, 6.07) is 9.63. The average molecular weight is 573 g/mol. The van der Waals surface area contributed by atoms with Crippen molar-refractivity contribution >= 4 is 50.7 Å². The van der Waals surface area contributed by atoms with Gasteiger partial charge in [-0.2, -0.15) is 0 Å². The lowest BCUT2D eigenvalue weighted by atomic mass is 10.1. The fraction of sp³-hybridized carbons (Fsp3) is 0.462. The van der Waals surface area contributed by atoms with E-state index in [9.17, 15) is 22.4 Å². The molecule has 7 nitrogen and oxygen atoms in total. The van der Waals surface area contributed by atoms with Gasteiger partial charge >= 0.3 is 0 Å². The summed E-state index contributed by atoms with van der Waals surface area (Å²) in [6.07, 6.45) is 5.19. The number of rotatable bonds is 11. The smallest absolute Gasteiger partial charge is 0.242 e. The van der Waals surface area contributed by atoms with E-state index in [2.05, 4.69) is 5.32 Å². The maximum Gasteiger partial charge on any atom is 0.242 e. The average Bonchev–Trinajstić information content (AvgIpc) is 3.35. The van der Waals surface area contributed by atoms with Crippen LogP contribution >= 0.6 is 23.2 Å². The molecule has 202 valence electrons. The van der Waals surface area contributed by atoms with Gasteiger partial charge in [-0.1, -0.05) is 48.2 Å². The summed E-state index contributed by atoms with van der Waals surface area (Å²) in [4.78, 5) is 27.8. The van der Waals surface area contributed by atoms with E-state index in [1.165, 1.54) is 29.2 Å². The van der Waals surface area contributed by atoms with Crippen molar-refractivity contribution in [3.63, 3.8) is 0 Å². The molecular formula is C26H32Cl2FN3O4S. The van der Waals surface area contributed by atoms with E-state index in [-0.39, 0.29) is 54.5 Å². The van der Waals surface area contributed by atoms with Gasteiger partial charge in [-0.05, 0) is 62.1 Å². The molecule has 0 heterocycles. The zero-order valence-electron chi connectivity index (χ0n) is 20.9. The minimum atomic E-state index is -3.71. The maximum absolute atomic E-state index is 13.4. The first-order valence-electron chi connectivity index (χ1n) is 12.2. The number of halogens is 3. The van der Waals surface area contributed by atoms with Crippen LogP contribution in [0.2, 0.25) is 10.0 Å². The van der Waals surface area contributed by atoms with Gasteiger partial charge in [0.15, 0.2) is 0 Å². The highest BCUT2D eigenvalue weighted by Crippen LogP contribution is 2.31. The highest BCUT2D eigenvalue weighted by molar-refractivity contribution is 7.92. The van der Waals surface area contributed by atoms with E-state index in [1.54, 1.807) is 25.1 Å². The minimum absolute atomic E-state index is 0.00231. The van der Waals surface area contributed by atoms with E-state index in [4.69, 9.17) is 23.2 Å². The quantitative estimate of drug-likeness (QED) is 0.404. The van der Waals surface area contributed by atoms with Crippen molar-refractivity contribution < 1.29 is 22.4 Å². The molecule has 1 N–H and O–H groups in total. The van der Waals surface area contributed by atoms with Crippen LogP contribution in [0.15, 0.2) is 42.5 Å². The summed E-state index contributed by atoms with van der Waals surface area (Å²) in [5, 5.41) is 3.58. The van der Waals surface area contributed by atoms with E-state index in [0.717, 1.165) is 36.2 Å². The summed E-state index contributed by atoms with van der Waals surface area (Å²) >= 11 is 12.3. The van der Waals surface area contributed by atoms with Crippen LogP contribution in [0.1, 0.15) is 51.0 Å². The van der Waals surface area contributed by atoms with E-state index < -0.39 is 21.9 Å². The summed E-state index contributed by atoms with van der Waals surface area (Å²) < 4.78 is 39.5. The standard InChI is InChI=1S/C26H32Cl2FN3O4S/c1-18(26(34)30-22-6-3-4-7-22)31(17-19-9-12-21(29)13-10-19)25(33)8-5-15-32(37(2,35)36)24-16-20(27)11-14-23(24)28/h9-14,16,18,22H,3-8,15,17H2,1-2H3,(H,30,34). The molecule has 37 heavy (non-hydrogen) atoms. The number of nitrogens with zero attached hydrogens (tertiary/aromatic N) is 2. The van der Waals surface area contributed by atoms with Gasteiger partial charge in [-0.15, -0.1) is 0 Å². The van der Waals surface area contributed by atoms with Crippen LogP contribution in [-0.2, 0) is 26.2 Å². The van der Waals surface area contributed by atoms with E-state index >= 15 is 0 Å². The first-order chi connectivity index (χ1) is 17.5. The Bertz CT molecular complexity index is 1200. The van der Waals surface area contributed by atoms with Crippen molar-refractivity contribution in [3.8, 4) is 0 Å². The summed E-state index contributed by atoms with van der Waals surface area (Å²) in [7, 11) is -3.71. The Labute approximate surface area is 228 Å². The third kappa shape index (κ3) is 8.32. The molecular weight excluding hydrogens is 540 g/mol. The van der Waals surface area contributed by atoms with Gasteiger partial charge in [0, 0.05) is 30.6 Å². The van der Waals surface area contributed by atoms with Crippen molar-refractivity contribution in [1.29, 1.82) is 0 Å². The third-order valence-electron chi connectivity index (χ3n) is 6.46. The molecule has 2 aromatic rings. The van der Waals surface area contributed by atoms with Crippen LogP contribution in [0.25, 0.3) is 0 Å². The molecule has 0 aromatic heterocycles. The van der Waals surface area contributed by atoms with Gasteiger partial charge in [0.2, 0.25) is 21.8 Å². The molecule has 0 bridgehead atoms. The van der Waals surface area contributed by atoms with Crippen LogP contribution in [-0.4, -0.2) is 50.0 Å². The number of anilines is 1. The molecule has 0 saturated heterocycles. The number of carbonyl (C=O) groups excluding carboxylic acids is 2. The van der Waals surface area contributed by atoms with Crippen molar-refractivity contribution in [2.45, 2.75) is 64.1 Å². The number of benzene rings is 2. The van der Waals surface area contributed by atoms with Crippen LogP contribution in [0.3, 0.4) is 0 Å². The number of carbonyl (C=O) groups is 2. The zero-order valence-corrected chi connectivity index (χ0v) is 23.3. The molecule has 0 spiro atoms. The first-order valence-corrected chi connectivity index (χ1v) is 14.8. The fourth-order valence-corrected chi connectivity index (χ4v) is 5.83. The van der Waals surface area contributed by atoms with Gasteiger partial charge in [0.05, 0.1) is 17.0 Å². The number of hydrogen-bond acceptors (Lipinski definition) is 4. The molecule has 1 fully saturated rings. The normalized spacial score (nSPS) is 14.8. The van der Waals surface area contributed by atoms with Crippen molar-refractivity contribution in [2.24, 2.45) is 0 Å². The second-order valence-electron chi connectivity index (χ2n) is 9.35. The molecule has 1 atom stereocenters. The number of nitrogens with one attached hydrogen (secondary N) is 1. The molecule has 11 heteroatoms. The minimum Gasteiger partial charge on any atom is -0.352 e. The molecule has 1 aliphatic rings. The lowest BCUT2D eigenvalue weighted by Gasteiger charge is -2.30. The molecule has 1 unspecified atom stereocenters. The van der Waals surface area contributed by atoms with Crippen molar-refractivity contribution in [3.05, 3.63) is 63.9 Å². The van der Waals surface area contributed by atoms with Gasteiger partial charge in [0.1, 0.15) is 11.9 Å². The Morgan fingerprint density at radius 2 is 1.76 bits per heavy atom. The van der Waals surface area contributed by atoms with Crippen molar-refractivity contribution in [2.75, 3.05) is 17.1 Å². The molecule has 2 amide bonds. The van der Waals surface area contributed by atoms with Crippen molar-refractivity contribution in [1.82, 2.24) is 10.2 Å². The van der Waals surface area contributed by atoms with Crippen LogP contribution < -0.4 is 9.62 Å². The van der Waals surface area contributed by atoms with Crippen LogP contribution in [0, 0.1) is 5.82 Å². The van der Waals surface area contributed by atoms with E-state index in [1.807, 2.05) is 0 Å². The van der Waals surface area contributed by atoms with Gasteiger partial charge in [0.25, 0.3) is 0 Å². The van der Waals surface area contributed by atoms with Gasteiger partial charge < -0.3 is 10.2 Å². The number of hydrogen-bond donors (Lipinski definition) is 1. The van der Waals surface area contributed by atoms with Crippen LogP contribution in [0.5, 0.6) is 0 Å². The number of sulfonamides is 1. The predicted octanol–water partition coefficient (Wildman–Crippen LogP) is 5.15. The first kappa shape index (κ1) is 29.2. The van der Waals surface area contributed by atoms with Gasteiger partial charge in [-0.25, -0.2) is 12.8 Å². The second kappa shape index (κ2) is 12.9. The fourth-order valence-electron chi connectivity index (χ4n) is 4.42. The SMILES string of the molecule is CC(C(=O)NC1CCCC1)N(Cc1ccc(F)cc1)C(=O)CCCN(c1cc(Cl)ccc1Cl)S(C)(=O)=O. The third-order valence-corrected chi connectivity index (χ3v) is 8.20. The molecule has 1 aliphatic carbocycles. The highest BCUT2D eigenvalue weighted by atomic mass is 35.5. The topological polar surface area (TPSA) is 86.8 Å². The lowest BCUT2D eigenvalue weighted by Crippen LogP contribution is -2.49. The van der Waals surface area contributed by atoms with E-state index in [0.29, 0.717) is 10.6 Å². The van der Waals surface area contributed by atoms with Crippen LogP contribution in [0.4, 0.5) is 10.1 Å². The maximum atomic E-state index is 13.4. The zero-order chi connectivity index (χ0) is 27.2. The second-order valence-corrected chi connectivity index (χ2v) is 12.1. The monoisotopic (exact) mass is 571 g/mol. The van der Waals surface area contributed by atoms with Gasteiger partial charge in [-0.3, -0.25) is 13.9 Å². The Hall–Kier alpha value is -2.36. The summed E-state index contributed by atoms with van der Waals surface area (Å²) in [5.41, 5.74) is 0.912. The Kier molecular flexibility index (Phi) is 10.2. The molecule has 3 rings (SSSR count). The Morgan fingerprint density at radius 3 is 2.38 bits per heavy atom. The molecule has 0 aliphatic heterocycles. The number of amides is 2. The Morgan fingerprint density at radius 1 is 1.11 bits per heavy atom. The largest absolute Gasteiger partial charge is 0.352 e. The summed E-state index contributed by atoms with van der Waals surface area (Å²) in [6.45, 7) is 1.78. The molecule has 2 aromatic carbocycles. The predicted molar refractivity (Wildman–Crippen MR) is 145 cm³/mol. The highest BCUT2D eigenvalue weighted by Gasteiger charge is 2.29. The molecule has 0 radical (unpaired) electrons. The summed E-state index contributed by atoms with van der Waals surface area (Å²) in [5.74, 6) is -0.955.